The second kappa shape index (κ2) is 9.15. The summed E-state index contributed by atoms with van der Waals surface area (Å²) < 4.78 is 2.23. The van der Waals surface area contributed by atoms with Crippen molar-refractivity contribution >= 4 is 11.8 Å². The fourth-order valence-corrected chi connectivity index (χ4v) is 4.42. The summed E-state index contributed by atoms with van der Waals surface area (Å²) in [5, 5.41) is 10.1. The van der Waals surface area contributed by atoms with Gasteiger partial charge in [0.05, 0.1) is 6.54 Å². The van der Waals surface area contributed by atoms with E-state index in [2.05, 4.69) is 67.1 Å². The van der Waals surface area contributed by atoms with Gasteiger partial charge in [-0.1, -0.05) is 36.4 Å². The van der Waals surface area contributed by atoms with Gasteiger partial charge in [-0.15, -0.1) is 10.2 Å². The van der Waals surface area contributed by atoms with Gasteiger partial charge < -0.3 is 0 Å². The van der Waals surface area contributed by atoms with E-state index >= 15 is 0 Å². The molecule has 1 aliphatic rings. The van der Waals surface area contributed by atoms with E-state index in [4.69, 9.17) is 0 Å². The van der Waals surface area contributed by atoms with Crippen LogP contribution in [0.15, 0.2) is 60.0 Å². The first kappa shape index (κ1) is 18.2. The van der Waals surface area contributed by atoms with E-state index in [1.807, 2.05) is 12.4 Å². The van der Waals surface area contributed by atoms with Crippen LogP contribution in [0.25, 0.3) is 5.69 Å². The van der Waals surface area contributed by atoms with E-state index in [-0.39, 0.29) is 0 Å². The fourth-order valence-electron chi connectivity index (χ4n) is 3.46. The molecule has 2 aromatic heterocycles. The van der Waals surface area contributed by atoms with Crippen LogP contribution < -0.4 is 0 Å². The van der Waals surface area contributed by atoms with Gasteiger partial charge in [0.1, 0.15) is 0 Å². The number of likely N-dealkylation sites (tertiary alicyclic amines) is 1. The number of aromatic nitrogens is 4. The number of hydrogen-bond acceptors (Lipinski definition) is 5. The van der Waals surface area contributed by atoms with Crippen molar-refractivity contribution in [2.75, 3.05) is 18.8 Å². The molecule has 0 bridgehead atoms. The molecule has 6 heteroatoms. The summed E-state index contributed by atoms with van der Waals surface area (Å²) in [6.07, 6.45) is 8.61. The number of benzene rings is 1. The Labute approximate surface area is 164 Å². The van der Waals surface area contributed by atoms with Crippen molar-refractivity contribution in [2.45, 2.75) is 37.4 Å². The lowest BCUT2D eigenvalue weighted by atomic mass is 10.1. The zero-order valence-electron chi connectivity index (χ0n) is 15.5. The third kappa shape index (κ3) is 4.76. The highest BCUT2D eigenvalue weighted by Crippen LogP contribution is 2.24. The maximum Gasteiger partial charge on any atom is 0.195 e. The fraction of sp³-hybridized carbons (Fsp3) is 0.381. The van der Waals surface area contributed by atoms with E-state index in [9.17, 15) is 0 Å². The van der Waals surface area contributed by atoms with Gasteiger partial charge in [0.25, 0.3) is 0 Å². The lowest BCUT2D eigenvalue weighted by Crippen LogP contribution is -2.30. The number of pyridine rings is 1. The van der Waals surface area contributed by atoms with Gasteiger partial charge in [0, 0.05) is 23.8 Å². The van der Waals surface area contributed by atoms with Gasteiger partial charge in [-0.3, -0.25) is 14.5 Å². The average Bonchev–Trinajstić information content (AvgIpc) is 3.12. The van der Waals surface area contributed by atoms with Crippen LogP contribution >= 0.6 is 11.8 Å². The molecule has 5 nitrogen and oxygen atoms in total. The number of para-hydroxylation sites is 1. The number of piperidine rings is 1. The number of thioether (sulfide) groups is 1. The molecule has 0 N–H and O–H groups in total. The first-order valence-corrected chi connectivity index (χ1v) is 10.6. The van der Waals surface area contributed by atoms with Crippen molar-refractivity contribution in [1.82, 2.24) is 24.6 Å². The monoisotopic (exact) mass is 379 g/mol. The highest BCUT2D eigenvalue weighted by Gasteiger charge is 2.18. The first-order valence-electron chi connectivity index (χ1n) is 9.64. The molecule has 0 radical (unpaired) electrons. The largest absolute Gasteiger partial charge is 0.296 e. The molecule has 140 valence electrons. The van der Waals surface area contributed by atoms with Crippen molar-refractivity contribution in [3.8, 4) is 5.69 Å². The smallest absolute Gasteiger partial charge is 0.195 e. The second-order valence-corrected chi connectivity index (χ2v) is 7.92. The third-order valence-electron chi connectivity index (χ3n) is 4.90. The molecule has 0 saturated carbocycles. The highest BCUT2D eigenvalue weighted by atomic mass is 32.2. The lowest BCUT2D eigenvalue weighted by molar-refractivity contribution is 0.214. The van der Waals surface area contributed by atoms with Gasteiger partial charge in [0.15, 0.2) is 11.0 Å². The van der Waals surface area contributed by atoms with Crippen LogP contribution in [0.2, 0.25) is 0 Å². The summed E-state index contributed by atoms with van der Waals surface area (Å²) in [6.45, 7) is 3.19. The quantitative estimate of drug-likeness (QED) is 0.581. The van der Waals surface area contributed by atoms with Gasteiger partial charge in [0.2, 0.25) is 0 Å². The van der Waals surface area contributed by atoms with Crippen molar-refractivity contribution in [2.24, 2.45) is 0 Å². The number of aryl methyl sites for hydroxylation is 1. The Kier molecular flexibility index (Phi) is 6.17. The summed E-state index contributed by atoms with van der Waals surface area (Å²) in [6, 6.07) is 14.6. The summed E-state index contributed by atoms with van der Waals surface area (Å²) >= 11 is 1.77. The van der Waals surface area contributed by atoms with Gasteiger partial charge in [-0.05, 0) is 62.2 Å². The minimum absolute atomic E-state index is 0.868. The standard InChI is InChI=1S/C21H25N5S/c1-3-7-19(8-4-1)26-20(17-25-14-5-2-6-15-25)23-24-21(26)27-16-11-18-9-12-22-13-10-18/h1,3-4,7-10,12-13H,2,5-6,11,14-17H2. The minimum Gasteiger partial charge on any atom is -0.296 e. The SMILES string of the molecule is c1ccc(-n2c(CN3CCCCC3)nnc2SCCc2ccncc2)cc1. The number of hydrogen-bond donors (Lipinski definition) is 0. The molecular formula is C21H25N5S. The van der Waals surface area contributed by atoms with Crippen LogP contribution in [-0.4, -0.2) is 43.5 Å². The van der Waals surface area contributed by atoms with Crippen molar-refractivity contribution in [3.63, 3.8) is 0 Å². The number of rotatable bonds is 7. The predicted molar refractivity (Wildman–Crippen MR) is 109 cm³/mol. The Morgan fingerprint density at radius 3 is 2.44 bits per heavy atom. The molecule has 0 spiro atoms. The van der Waals surface area contributed by atoms with Gasteiger partial charge in [-0.2, -0.15) is 0 Å². The zero-order chi connectivity index (χ0) is 18.3. The predicted octanol–water partition coefficient (Wildman–Crippen LogP) is 3.98. The van der Waals surface area contributed by atoms with Crippen molar-refractivity contribution in [3.05, 3.63) is 66.2 Å². The molecule has 1 aromatic carbocycles. The number of nitrogens with zero attached hydrogens (tertiary/aromatic N) is 5. The Hall–Kier alpha value is -2.18. The molecular weight excluding hydrogens is 354 g/mol. The normalized spacial score (nSPS) is 15.1. The zero-order valence-corrected chi connectivity index (χ0v) is 16.3. The molecule has 3 heterocycles. The summed E-state index contributed by atoms with van der Waals surface area (Å²) in [4.78, 5) is 6.58. The lowest BCUT2D eigenvalue weighted by Gasteiger charge is -2.26. The van der Waals surface area contributed by atoms with Crippen LogP contribution in [0.1, 0.15) is 30.7 Å². The van der Waals surface area contributed by atoms with Crippen LogP contribution in [0.5, 0.6) is 0 Å². The van der Waals surface area contributed by atoms with Crippen LogP contribution in [0, 0.1) is 0 Å². The van der Waals surface area contributed by atoms with Crippen LogP contribution in [0.4, 0.5) is 0 Å². The average molecular weight is 380 g/mol. The molecule has 3 aromatic rings. The van der Waals surface area contributed by atoms with Crippen LogP contribution in [-0.2, 0) is 13.0 Å². The minimum atomic E-state index is 0.868. The molecule has 27 heavy (non-hydrogen) atoms. The Morgan fingerprint density at radius 1 is 0.889 bits per heavy atom. The maximum absolute atomic E-state index is 4.55. The topological polar surface area (TPSA) is 46.8 Å². The Bertz CT molecular complexity index is 828. The molecule has 1 saturated heterocycles. The first-order chi connectivity index (χ1) is 13.4. The molecule has 1 fully saturated rings. The van der Waals surface area contributed by atoms with E-state index in [1.165, 1.54) is 24.8 Å². The van der Waals surface area contributed by atoms with E-state index in [0.29, 0.717) is 0 Å². The highest BCUT2D eigenvalue weighted by molar-refractivity contribution is 7.99. The molecule has 1 aliphatic heterocycles. The molecule has 0 atom stereocenters. The van der Waals surface area contributed by atoms with Crippen molar-refractivity contribution in [1.29, 1.82) is 0 Å². The summed E-state index contributed by atoms with van der Waals surface area (Å²) in [7, 11) is 0. The molecule has 4 rings (SSSR count). The van der Waals surface area contributed by atoms with Crippen LogP contribution in [0.3, 0.4) is 0 Å². The second-order valence-electron chi connectivity index (χ2n) is 6.86. The van der Waals surface area contributed by atoms with E-state index in [0.717, 1.165) is 48.5 Å². The van der Waals surface area contributed by atoms with Gasteiger partial charge >= 0.3 is 0 Å². The van der Waals surface area contributed by atoms with Gasteiger partial charge in [-0.25, -0.2) is 0 Å². The Balaban J connectivity index is 1.51. The molecule has 0 amide bonds. The third-order valence-corrected chi connectivity index (χ3v) is 5.83. The molecule has 0 aliphatic carbocycles. The summed E-state index contributed by atoms with van der Waals surface area (Å²) in [5.74, 6) is 2.01. The maximum atomic E-state index is 4.55. The summed E-state index contributed by atoms with van der Waals surface area (Å²) in [5.41, 5.74) is 2.44. The van der Waals surface area contributed by atoms with E-state index < -0.39 is 0 Å². The molecule has 0 unspecified atom stereocenters. The Morgan fingerprint density at radius 2 is 1.67 bits per heavy atom. The van der Waals surface area contributed by atoms with E-state index in [1.54, 1.807) is 11.8 Å². The van der Waals surface area contributed by atoms with Crippen molar-refractivity contribution < 1.29 is 0 Å².